The van der Waals surface area contributed by atoms with E-state index in [1.54, 1.807) is 12.1 Å². The summed E-state index contributed by atoms with van der Waals surface area (Å²) < 4.78 is 54.4. The molecule has 0 amide bonds. The number of hydrogen-bond acceptors (Lipinski definition) is 0. The molecule has 0 N–H and O–H groups in total. The molecule has 0 nitrogen and oxygen atoms in total. The lowest BCUT2D eigenvalue weighted by Crippen LogP contribution is -2.17. The van der Waals surface area contributed by atoms with E-state index in [-0.39, 0.29) is 17.8 Å². The molecule has 27 heavy (non-hydrogen) atoms. The molecule has 2 fully saturated rings. The second-order valence-electron chi connectivity index (χ2n) is 8.45. The highest BCUT2D eigenvalue weighted by molar-refractivity contribution is 5.32. The van der Waals surface area contributed by atoms with Crippen LogP contribution in [0.5, 0.6) is 0 Å². The van der Waals surface area contributed by atoms with E-state index in [2.05, 4.69) is 6.92 Å². The highest BCUT2D eigenvalue weighted by Gasteiger charge is 2.29. The Bertz CT molecular complexity index is 647. The summed E-state index contributed by atoms with van der Waals surface area (Å²) in [6.07, 6.45) is 8.32. The second kappa shape index (κ2) is 9.25. The maximum Gasteiger partial charge on any atom is 0.266 e. The Kier molecular flexibility index (Phi) is 6.99. The first-order valence-corrected chi connectivity index (χ1v) is 10.5. The highest BCUT2D eigenvalue weighted by Crippen LogP contribution is 2.42. The van der Waals surface area contributed by atoms with Gasteiger partial charge < -0.3 is 0 Å². The summed E-state index contributed by atoms with van der Waals surface area (Å²) in [5, 5.41) is 0. The lowest BCUT2D eigenvalue weighted by molar-refractivity contribution is 0.302. The summed E-state index contributed by atoms with van der Waals surface area (Å²) >= 11 is 0. The first-order chi connectivity index (χ1) is 13.0. The van der Waals surface area contributed by atoms with Crippen LogP contribution in [-0.2, 0) is 0 Å². The Labute approximate surface area is 160 Å². The predicted octanol–water partition coefficient (Wildman–Crippen LogP) is 8.09. The molecule has 0 heterocycles. The summed E-state index contributed by atoms with van der Waals surface area (Å²) in [4.78, 5) is 0. The zero-order valence-electron chi connectivity index (χ0n) is 16.1. The molecule has 3 rings (SSSR count). The monoisotopic (exact) mass is 382 g/mol. The summed E-state index contributed by atoms with van der Waals surface area (Å²) in [6.45, 7) is 2.19. The first-order valence-electron chi connectivity index (χ1n) is 10.5. The minimum Gasteiger partial charge on any atom is -0.203 e. The van der Waals surface area contributed by atoms with Gasteiger partial charge in [0, 0.05) is 0 Å². The van der Waals surface area contributed by atoms with Gasteiger partial charge in [0.05, 0.1) is 0 Å². The lowest BCUT2D eigenvalue weighted by atomic mass is 9.75. The number of benzene rings is 1. The standard InChI is InChI=1S/C23H30F4/c1-2-3-15-4-8-17(9-5-15)19-12-13-20(23(27)22(19)26)18-10-6-16(7-11-18)14-21(24)25/h12-18H,2-11H2,1H3. The Morgan fingerprint density at radius 1 is 0.852 bits per heavy atom. The molecule has 1 aromatic rings. The van der Waals surface area contributed by atoms with E-state index in [4.69, 9.17) is 0 Å². The van der Waals surface area contributed by atoms with Crippen LogP contribution in [0.3, 0.4) is 0 Å². The fourth-order valence-electron chi connectivity index (χ4n) is 5.16. The van der Waals surface area contributed by atoms with Gasteiger partial charge in [-0.2, -0.15) is 8.78 Å². The quantitative estimate of drug-likeness (QED) is 0.451. The average Bonchev–Trinajstić information content (AvgIpc) is 2.65. The van der Waals surface area contributed by atoms with Crippen molar-refractivity contribution in [3.8, 4) is 0 Å². The fraction of sp³-hybridized carbons (Fsp3) is 0.652. The minimum absolute atomic E-state index is 0.0684. The van der Waals surface area contributed by atoms with Crippen LogP contribution in [0.15, 0.2) is 24.3 Å². The molecule has 0 aliphatic heterocycles. The van der Waals surface area contributed by atoms with E-state index in [0.29, 0.717) is 36.8 Å². The van der Waals surface area contributed by atoms with Crippen molar-refractivity contribution in [1.82, 2.24) is 0 Å². The van der Waals surface area contributed by atoms with Gasteiger partial charge >= 0.3 is 0 Å². The summed E-state index contributed by atoms with van der Waals surface area (Å²) in [7, 11) is 0. The molecule has 2 aliphatic rings. The molecule has 0 spiro atoms. The molecule has 2 aliphatic carbocycles. The number of rotatable bonds is 5. The van der Waals surface area contributed by atoms with Crippen LogP contribution in [0.25, 0.3) is 0 Å². The Morgan fingerprint density at radius 3 is 1.78 bits per heavy atom. The number of hydrogen-bond donors (Lipinski definition) is 0. The highest BCUT2D eigenvalue weighted by atomic mass is 19.3. The Hall–Kier alpha value is -1.32. The van der Waals surface area contributed by atoms with E-state index in [1.165, 1.54) is 12.8 Å². The first kappa shape index (κ1) is 20.4. The van der Waals surface area contributed by atoms with Crippen molar-refractivity contribution in [3.05, 3.63) is 47.1 Å². The van der Waals surface area contributed by atoms with Crippen molar-refractivity contribution >= 4 is 0 Å². The van der Waals surface area contributed by atoms with Gasteiger partial charge in [-0.15, -0.1) is 0 Å². The smallest absolute Gasteiger partial charge is 0.203 e. The van der Waals surface area contributed by atoms with Crippen molar-refractivity contribution in [1.29, 1.82) is 0 Å². The van der Waals surface area contributed by atoms with Gasteiger partial charge in [0.25, 0.3) is 6.08 Å². The van der Waals surface area contributed by atoms with E-state index in [9.17, 15) is 17.6 Å². The Balaban J connectivity index is 1.66. The minimum atomic E-state index is -1.64. The van der Waals surface area contributed by atoms with E-state index >= 15 is 0 Å². The topological polar surface area (TPSA) is 0 Å². The van der Waals surface area contributed by atoms with Crippen LogP contribution in [0.1, 0.15) is 94.1 Å². The molecule has 0 aromatic heterocycles. The largest absolute Gasteiger partial charge is 0.266 e. The maximum absolute atomic E-state index is 14.8. The van der Waals surface area contributed by atoms with Crippen LogP contribution >= 0.6 is 0 Å². The van der Waals surface area contributed by atoms with Crippen molar-refractivity contribution in [2.24, 2.45) is 11.8 Å². The van der Waals surface area contributed by atoms with Gasteiger partial charge in [-0.05, 0) is 92.2 Å². The van der Waals surface area contributed by atoms with Crippen molar-refractivity contribution in [3.63, 3.8) is 0 Å². The van der Waals surface area contributed by atoms with Gasteiger partial charge in [-0.1, -0.05) is 31.9 Å². The van der Waals surface area contributed by atoms with Crippen molar-refractivity contribution < 1.29 is 17.6 Å². The average molecular weight is 382 g/mol. The summed E-state index contributed by atoms with van der Waals surface area (Å²) in [5.74, 6) is -0.744. The molecule has 0 bridgehead atoms. The second-order valence-corrected chi connectivity index (χ2v) is 8.45. The number of allylic oxidation sites excluding steroid dienone is 1. The van der Waals surface area contributed by atoms with Crippen LogP contribution in [-0.4, -0.2) is 0 Å². The van der Waals surface area contributed by atoms with Crippen molar-refractivity contribution in [2.45, 2.75) is 83.0 Å². The molecule has 2 saturated carbocycles. The summed E-state index contributed by atoms with van der Waals surface area (Å²) in [5.41, 5.74) is 0.960. The molecule has 1 aromatic carbocycles. The zero-order valence-corrected chi connectivity index (χ0v) is 16.1. The van der Waals surface area contributed by atoms with Gasteiger partial charge in [-0.3, -0.25) is 0 Å². The summed E-state index contributed by atoms with van der Waals surface area (Å²) in [6, 6.07) is 3.54. The van der Waals surface area contributed by atoms with Gasteiger partial charge in [0.2, 0.25) is 0 Å². The molecule has 0 atom stereocenters. The van der Waals surface area contributed by atoms with E-state index < -0.39 is 17.7 Å². The third kappa shape index (κ3) is 4.94. The van der Waals surface area contributed by atoms with Crippen LogP contribution in [0, 0.1) is 23.5 Å². The molecule has 0 unspecified atom stereocenters. The fourth-order valence-corrected chi connectivity index (χ4v) is 5.16. The SMILES string of the molecule is CCCC1CCC(c2ccc(C3CCC(C=C(F)F)CC3)c(F)c2F)CC1. The molecule has 4 heteroatoms. The molecule has 150 valence electrons. The zero-order chi connectivity index (χ0) is 19.4. The molecular formula is C23H30F4. The van der Waals surface area contributed by atoms with Gasteiger partial charge in [0.15, 0.2) is 11.6 Å². The number of halogens is 4. The Morgan fingerprint density at radius 2 is 1.33 bits per heavy atom. The van der Waals surface area contributed by atoms with Crippen LogP contribution in [0.2, 0.25) is 0 Å². The normalized spacial score (nSPS) is 28.8. The third-order valence-electron chi connectivity index (χ3n) is 6.70. The van der Waals surface area contributed by atoms with Crippen molar-refractivity contribution in [2.75, 3.05) is 0 Å². The van der Waals surface area contributed by atoms with Gasteiger partial charge in [-0.25, -0.2) is 8.78 Å². The van der Waals surface area contributed by atoms with E-state index in [0.717, 1.165) is 37.7 Å². The van der Waals surface area contributed by atoms with Crippen LogP contribution in [0.4, 0.5) is 17.6 Å². The third-order valence-corrected chi connectivity index (χ3v) is 6.70. The molecular weight excluding hydrogens is 352 g/mol. The predicted molar refractivity (Wildman–Crippen MR) is 101 cm³/mol. The molecule has 0 saturated heterocycles. The lowest BCUT2D eigenvalue weighted by Gasteiger charge is -2.30. The van der Waals surface area contributed by atoms with Gasteiger partial charge in [0.1, 0.15) is 0 Å². The maximum atomic E-state index is 14.8. The van der Waals surface area contributed by atoms with E-state index in [1.807, 2.05) is 0 Å². The van der Waals surface area contributed by atoms with Crippen LogP contribution < -0.4 is 0 Å². The molecule has 0 radical (unpaired) electrons.